The number of sulfonamides is 1. The van der Waals surface area contributed by atoms with E-state index in [-0.39, 0.29) is 28.9 Å². The first-order valence-electron chi connectivity index (χ1n) is 7.88. The molecule has 8 heteroatoms. The first kappa shape index (κ1) is 20.7. The Morgan fingerprint density at radius 1 is 1.15 bits per heavy atom. The Labute approximate surface area is 165 Å². The molecule has 1 unspecified atom stereocenters. The number of nitrogens with zero attached hydrogens (tertiary/aromatic N) is 3. The summed E-state index contributed by atoms with van der Waals surface area (Å²) in [6.45, 7) is 1.58. The van der Waals surface area contributed by atoms with Gasteiger partial charge in [0.25, 0.3) is 0 Å². The maximum atomic E-state index is 13.3. The zero-order chi connectivity index (χ0) is 18.0. The lowest BCUT2D eigenvalue weighted by atomic mass is 10.1. The Kier molecular flexibility index (Phi) is 6.67. The van der Waals surface area contributed by atoms with Gasteiger partial charge >= 0.3 is 0 Å². The van der Waals surface area contributed by atoms with Crippen molar-refractivity contribution in [3.05, 3.63) is 64.7 Å². The van der Waals surface area contributed by atoms with Crippen LogP contribution < -0.4 is 0 Å². The van der Waals surface area contributed by atoms with E-state index < -0.39 is 10.0 Å². The van der Waals surface area contributed by atoms with Crippen LogP contribution in [0.15, 0.2) is 53.4 Å². The van der Waals surface area contributed by atoms with E-state index in [1.165, 1.54) is 22.5 Å². The summed E-state index contributed by atoms with van der Waals surface area (Å²) in [6, 6.07) is 15.5. The van der Waals surface area contributed by atoms with Gasteiger partial charge in [0.1, 0.15) is 11.0 Å². The van der Waals surface area contributed by atoms with Gasteiger partial charge in [-0.1, -0.05) is 41.9 Å². The number of hydrogen-bond acceptors (Lipinski definition) is 4. The molecule has 1 fully saturated rings. The molecule has 0 N–H and O–H groups in total. The lowest BCUT2D eigenvalue weighted by Gasteiger charge is -2.39. The van der Waals surface area contributed by atoms with Crippen LogP contribution in [0.5, 0.6) is 0 Å². The first-order valence-corrected chi connectivity index (χ1v) is 9.70. The number of piperazine rings is 1. The van der Waals surface area contributed by atoms with Crippen LogP contribution in [0.4, 0.5) is 0 Å². The lowest BCUT2D eigenvalue weighted by Crippen LogP contribution is -2.49. The van der Waals surface area contributed by atoms with E-state index in [1.807, 2.05) is 43.4 Å². The second-order valence-electron chi connectivity index (χ2n) is 6.06. The fourth-order valence-corrected chi connectivity index (χ4v) is 5.07. The van der Waals surface area contributed by atoms with E-state index in [0.29, 0.717) is 24.7 Å². The van der Waals surface area contributed by atoms with Crippen molar-refractivity contribution in [3.8, 4) is 6.07 Å². The van der Waals surface area contributed by atoms with Crippen molar-refractivity contribution in [2.75, 3.05) is 26.7 Å². The van der Waals surface area contributed by atoms with Gasteiger partial charge < -0.3 is 4.90 Å². The summed E-state index contributed by atoms with van der Waals surface area (Å²) < 4.78 is 28.1. The first-order chi connectivity index (χ1) is 11.9. The second-order valence-corrected chi connectivity index (χ2v) is 8.35. The molecule has 0 bridgehead atoms. The third-order valence-corrected chi connectivity index (χ3v) is 6.55. The topological polar surface area (TPSA) is 64.4 Å². The minimum Gasteiger partial charge on any atom is -0.303 e. The fraction of sp³-hybridized carbons (Fsp3) is 0.278. The zero-order valence-electron chi connectivity index (χ0n) is 14.2. The van der Waals surface area contributed by atoms with Crippen molar-refractivity contribution in [2.24, 2.45) is 0 Å². The molecule has 1 atom stereocenters. The highest BCUT2D eigenvalue weighted by Gasteiger charge is 2.37. The highest BCUT2D eigenvalue weighted by Crippen LogP contribution is 2.32. The average Bonchev–Trinajstić information content (AvgIpc) is 2.62. The molecular formula is C18H19Cl2N3O2S. The molecule has 138 valence electrons. The summed E-state index contributed by atoms with van der Waals surface area (Å²) in [5.74, 6) is 0. The van der Waals surface area contributed by atoms with E-state index in [4.69, 9.17) is 11.6 Å². The minimum absolute atomic E-state index is 0. The molecule has 1 aliphatic heterocycles. The monoisotopic (exact) mass is 411 g/mol. The number of likely N-dealkylation sites (N-methyl/N-ethyl adjacent to an activating group) is 1. The van der Waals surface area contributed by atoms with Gasteiger partial charge in [-0.3, -0.25) is 0 Å². The summed E-state index contributed by atoms with van der Waals surface area (Å²) >= 11 is 5.99. The Bertz CT molecular complexity index is 914. The molecule has 3 rings (SSSR count). The minimum atomic E-state index is -3.85. The van der Waals surface area contributed by atoms with E-state index in [0.717, 1.165) is 5.56 Å². The summed E-state index contributed by atoms with van der Waals surface area (Å²) in [5.41, 5.74) is 1.04. The molecule has 0 aromatic heterocycles. The van der Waals surface area contributed by atoms with Gasteiger partial charge in [-0.05, 0) is 30.8 Å². The van der Waals surface area contributed by atoms with Crippen LogP contribution in [0, 0.1) is 11.3 Å². The normalized spacial score (nSPS) is 18.7. The number of hydrogen-bond donors (Lipinski definition) is 0. The summed E-state index contributed by atoms with van der Waals surface area (Å²) in [6.07, 6.45) is 0. The fourth-order valence-electron chi connectivity index (χ4n) is 3.07. The Morgan fingerprint density at radius 3 is 2.50 bits per heavy atom. The van der Waals surface area contributed by atoms with Crippen molar-refractivity contribution in [2.45, 2.75) is 10.9 Å². The number of rotatable bonds is 3. The van der Waals surface area contributed by atoms with Crippen molar-refractivity contribution in [3.63, 3.8) is 0 Å². The van der Waals surface area contributed by atoms with Crippen molar-refractivity contribution >= 4 is 34.0 Å². The SMILES string of the molecule is CN1CCN(S(=O)(=O)c2cc(Cl)ccc2C#N)C(c2ccccc2)C1.Cl. The number of nitriles is 1. The predicted octanol–water partition coefficient (Wildman–Crippen LogP) is 3.31. The molecule has 2 aromatic carbocycles. The van der Waals surface area contributed by atoms with Crippen LogP contribution in [0.25, 0.3) is 0 Å². The van der Waals surface area contributed by atoms with Crippen LogP contribution >= 0.6 is 24.0 Å². The molecule has 0 saturated carbocycles. The maximum Gasteiger partial charge on any atom is 0.245 e. The quantitative estimate of drug-likeness (QED) is 0.776. The molecule has 0 aliphatic carbocycles. The lowest BCUT2D eigenvalue weighted by molar-refractivity contribution is 0.160. The van der Waals surface area contributed by atoms with Gasteiger partial charge in [0.2, 0.25) is 10.0 Å². The highest BCUT2D eigenvalue weighted by atomic mass is 35.5. The Morgan fingerprint density at radius 2 is 1.85 bits per heavy atom. The highest BCUT2D eigenvalue weighted by molar-refractivity contribution is 7.89. The van der Waals surface area contributed by atoms with Gasteiger partial charge in [0.15, 0.2) is 0 Å². The molecular weight excluding hydrogens is 393 g/mol. The summed E-state index contributed by atoms with van der Waals surface area (Å²) in [5, 5.41) is 9.61. The van der Waals surface area contributed by atoms with Crippen LogP contribution in [-0.4, -0.2) is 44.3 Å². The molecule has 2 aromatic rings. The van der Waals surface area contributed by atoms with Crippen molar-refractivity contribution in [1.82, 2.24) is 9.21 Å². The molecule has 5 nitrogen and oxygen atoms in total. The van der Waals surface area contributed by atoms with E-state index in [2.05, 4.69) is 4.90 Å². The standard InChI is InChI=1S/C18H18ClN3O2S.ClH/c1-21-9-10-22(17(13-21)14-5-3-2-4-6-14)25(23,24)18-11-16(19)8-7-15(18)12-20;/h2-8,11,17H,9-10,13H2,1H3;1H. The van der Waals surface area contributed by atoms with Gasteiger partial charge in [-0.2, -0.15) is 9.57 Å². The third kappa shape index (κ3) is 4.03. The maximum absolute atomic E-state index is 13.3. The van der Waals surface area contributed by atoms with Gasteiger partial charge in [0, 0.05) is 24.7 Å². The molecule has 26 heavy (non-hydrogen) atoms. The Hall–Kier alpha value is -1.62. The van der Waals surface area contributed by atoms with Crippen molar-refractivity contribution in [1.29, 1.82) is 5.26 Å². The average molecular weight is 412 g/mol. The van der Waals surface area contributed by atoms with Gasteiger partial charge in [-0.15, -0.1) is 12.4 Å². The van der Waals surface area contributed by atoms with Crippen LogP contribution in [0.3, 0.4) is 0 Å². The zero-order valence-corrected chi connectivity index (χ0v) is 16.6. The molecule has 1 heterocycles. The van der Waals surface area contributed by atoms with E-state index >= 15 is 0 Å². The Balaban J connectivity index is 0.00000243. The molecule has 1 saturated heterocycles. The molecule has 0 spiro atoms. The van der Waals surface area contributed by atoms with Gasteiger partial charge in [0.05, 0.1) is 11.6 Å². The largest absolute Gasteiger partial charge is 0.303 e. The molecule has 0 amide bonds. The van der Waals surface area contributed by atoms with Crippen LogP contribution in [0.1, 0.15) is 17.2 Å². The molecule has 0 radical (unpaired) electrons. The summed E-state index contributed by atoms with van der Waals surface area (Å²) in [4.78, 5) is 2.07. The number of halogens is 2. The van der Waals surface area contributed by atoms with Crippen LogP contribution in [0.2, 0.25) is 5.02 Å². The smallest absolute Gasteiger partial charge is 0.245 e. The summed E-state index contributed by atoms with van der Waals surface area (Å²) in [7, 11) is -1.88. The third-order valence-electron chi connectivity index (χ3n) is 4.37. The van der Waals surface area contributed by atoms with Gasteiger partial charge in [-0.25, -0.2) is 8.42 Å². The predicted molar refractivity (Wildman–Crippen MR) is 104 cm³/mol. The van der Waals surface area contributed by atoms with E-state index in [1.54, 1.807) is 0 Å². The van der Waals surface area contributed by atoms with Crippen molar-refractivity contribution < 1.29 is 8.42 Å². The molecule has 1 aliphatic rings. The van der Waals surface area contributed by atoms with Crippen LogP contribution in [-0.2, 0) is 10.0 Å². The van der Waals surface area contributed by atoms with E-state index in [9.17, 15) is 13.7 Å². The second kappa shape index (κ2) is 8.38. The number of benzene rings is 2.